The Morgan fingerprint density at radius 1 is 0.536 bits per heavy atom. The molecule has 314 valence electrons. The lowest BCUT2D eigenvalue weighted by atomic mass is 10.1. The standard InChI is InChI=1S/C48H75NO7/c1-6-8-10-12-14-16-18-20-21-22-23-24-25-26-27-29-30-32-34-36-38-46(50)55-43-44(42-54-41-40-45(48(52)53)49(3,4)5)56-47(51)39-37-35-33-31-28-19-17-15-13-11-9-7-2/h8-11,14-17,20-21,23-24,26-28,30-32,44-45H,6-7,12-13,18-19,22,25,29,33-43H2,1-5H3/p+1/b10-8+,11-9+,16-14+,17-15+,21-20+,24-23+,27-26+,31-28+,32-30+. The smallest absolute Gasteiger partial charge is 0.362 e. The maximum Gasteiger partial charge on any atom is 0.362 e. The van der Waals surface area contributed by atoms with Crippen molar-refractivity contribution in [3.05, 3.63) is 109 Å². The van der Waals surface area contributed by atoms with E-state index in [0.29, 0.717) is 19.3 Å². The van der Waals surface area contributed by atoms with Crippen LogP contribution in [0.4, 0.5) is 0 Å². The van der Waals surface area contributed by atoms with Gasteiger partial charge in [0, 0.05) is 19.3 Å². The van der Waals surface area contributed by atoms with Crippen molar-refractivity contribution >= 4 is 17.9 Å². The van der Waals surface area contributed by atoms with Crippen molar-refractivity contribution in [1.29, 1.82) is 0 Å². The molecule has 0 saturated carbocycles. The van der Waals surface area contributed by atoms with Crippen LogP contribution in [-0.4, -0.2) is 80.6 Å². The molecule has 0 aliphatic rings. The van der Waals surface area contributed by atoms with Gasteiger partial charge in [0.05, 0.1) is 34.4 Å². The minimum Gasteiger partial charge on any atom is -0.477 e. The lowest BCUT2D eigenvalue weighted by molar-refractivity contribution is -0.887. The highest BCUT2D eigenvalue weighted by molar-refractivity contribution is 5.72. The Bertz CT molecular complexity index is 1280. The number of likely N-dealkylation sites (N-methyl/N-ethyl adjacent to an activating group) is 1. The highest BCUT2D eigenvalue weighted by Crippen LogP contribution is 2.11. The third kappa shape index (κ3) is 35.7. The predicted octanol–water partition coefficient (Wildman–Crippen LogP) is 11.3. The number of carboxylic acids is 1. The van der Waals surface area contributed by atoms with Crippen molar-refractivity contribution in [2.24, 2.45) is 0 Å². The average Bonchev–Trinajstić information content (AvgIpc) is 3.15. The first kappa shape index (κ1) is 52.0. The lowest BCUT2D eigenvalue weighted by Gasteiger charge is -2.31. The van der Waals surface area contributed by atoms with Gasteiger partial charge in [0.25, 0.3) is 0 Å². The number of allylic oxidation sites excluding steroid dienone is 18. The zero-order valence-corrected chi connectivity index (χ0v) is 35.5. The maximum atomic E-state index is 12.7. The number of unbranched alkanes of at least 4 members (excludes halogenated alkanes) is 3. The normalized spacial score (nSPS) is 14.1. The number of ether oxygens (including phenoxy) is 3. The molecule has 0 aromatic rings. The minimum atomic E-state index is -0.895. The van der Waals surface area contributed by atoms with E-state index < -0.39 is 18.1 Å². The van der Waals surface area contributed by atoms with E-state index >= 15 is 0 Å². The topological polar surface area (TPSA) is 99.1 Å². The van der Waals surface area contributed by atoms with Crippen LogP contribution in [-0.2, 0) is 28.6 Å². The van der Waals surface area contributed by atoms with E-state index in [1.165, 1.54) is 0 Å². The molecule has 0 rings (SSSR count). The molecule has 0 amide bonds. The molecule has 0 aliphatic heterocycles. The highest BCUT2D eigenvalue weighted by Gasteiger charge is 2.31. The van der Waals surface area contributed by atoms with Gasteiger partial charge in [0.15, 0.2) is 12.1 Å². The van der Waals surface area contributed by atoms with Crippen LogP contribution in [0.1, 0.15) is 123 Å². The van der Waals surface area contributed by atoms with Crippen LogP contribution in [0.15, 0.2) is 109 Å². The molecule has 1 N–H and O–H groups in total. The fraction of sp³-hybridized carbons (Fsp3) is 0.562. The summed E-state index contributed by atoms with van der Waals surface area (Å²) >= 11 is 0. The fourth-order valence-corrected chi connectivity index (χ4v) is 5.23. The van der Waals surface area contributed by atoms with Gasteiger partial charge in [-0.05, 0) is 89.9 Å². The van der Waals surface area contributed by atoms with Crippen molar-refractivity contribution in [2.45, 2.75) is 135 Å². The Hall–Kier alpha value is -4.01. The average molecular weight is 779 g/mol. The molecule has 0 heterocycles. The number of aliphatic carboxylic acids is 1. The number of carbonyl (C=O) groups is 3. The number of nitrogens with zero attached hydrogens (tertiary/aromatic N) is 1. The Morgan fingerprint density at radius 2 is 0.946 bits per heavy atom. The number of carboxylic acid groups (broad SMARTS) is 1. The molecule has 0 aromatic carbocycles. The van der Waals surface area contributed by atoms with Crippen molar-refractivity contribution in [3.8, 4) is 0 Å². The second-order valence-electron chi connectivity index (χ2n) is 14.5. The summed E-state index contributed by atoms with van der Waals surface area (Å²) in [7, 11) is 5.47. The maximum absolute atomic E-state index is 12.7. The van der Waals surface area contributed by atoms with E-state index in [-0.39, 0.29) is 49.1 Å². The first-order valence-corrected chi connectivity index (χ1v) is 20.9. The van der Waals surface area contributed by atoms with Crippen molar-refractivity contribution < 1.29 is 38.2 Å². The van der Waals surface area contributed by atoms with Crippen LogP contribution in [0.5, 0.6) is 0 Å². The molecule has 0 fully saturated rings. The molecule has 0 spiro atoms. The first-order chi connectivity index (χ1) is 27.1. The van der Waals surface area contributed by atoms with Gasteiger partial charge in [0.2, 0.25) is 0 Å². The van der Waals surface area contributed by atoms with Gasteiger partial charge < -0.3 is 23.8 Å². The van der Waals surface area contributed by atoms with Gasteiger partial charge in [-0.2, -0.15) is 0 Å². The molecule has 8 heteroatoms. The summed E-state index contributed by atoms with van der Waals surface area (Å²) in [5.41, 5.74) is 0. The number of rotatable bonds is 35. The van der Waals surface area contributed by atoms with Gasteiger partial charge >= 0.3 is 17.9 Å². The van der Waals surface area contributed by atoms with Crippen molar-refractivity contribution in [2.75, 3.05) is 41.0 Å². The molecule has 0 saturated heterocycles. The Labute approximate surface area is 340 Å². The number of hydrogen-bond donors (Lipinski definition) is 1. The zero-order valence-electron chi connectivity index (χ0n) is 35.5. The van der Waals surface area contributed by atoms with Crippen LogP contribution in [0.2, 0.25) is 0 Å². The highest BCUT2D eigenvalue weighted by atomic mass is 16.6. The first-order valence-electron chi connectivity index (χ1n) is 20.9. The molecule has 0 radical (unpaired) electrons. The molecule has 0 bridgehead atoms. The summed E-state index contributed by atoms with van der Waals surface area (Å²) in [5.74, 6) is -1.62. The van der Waals surface area contributed by atoms with Gasteiger partial charge in [-0.15, -0.1) is 0 Å². The molecular formula is C48H76NO7+. The number of quaternary nitrogens is 1. The van der Waals surface area contributed by atoms with Crippen molar-refractivity contribution in [1.82, 2.24) is 0 Å². The van der Waals surface area contributed by atoms with Gasteiger partial charge in [0.1, 0.15) is 6.61 Å². The zero-order chi connectivity index (χ0) is 41.4. The molecule has 2 unspecified atom stereocenters. The molecular weight excluding hydrogens is 703 g/mol. The number of hydrogen-bond acceptors (Lipinski definition) is 6. The van der Waals surface area contributed by atoms with E-state index in [4.69, 9.17) is 14.2 Å². The predicted molar refractivity (Wildman–Crippen MR) is 233 cm³/mol. The molecule has 2 atom stereocenters. The van der Waals surface area contributed by atoms with Crippen LogP contribution in [0.25, 0.3) is 0 Å². The van der Waals surface area contributed by atoms with E-state index in [0.717, 1.165) is 77.0 Å². The molecule has 56 heavy (non-hydrogen) atoms. The van der Waals surface area contributed by atoms with Crippen LogP contribution in [0.3, 0.4) is 0 Å². The third-order valence-electron chi connectivity index (χ3n) is 8.42. The Kier molecular flexibility index (Phi) is 35.2. The summed E-state index contributed by atoms with van der Waals surface area (Å²) in [6.45, 7) is 4.36. The van der Waals surface area contributed by atoms with E-state index in [9.17, 15) is 19.5 Å². The number of carbonyl (C=O) groups excluding carboxylic acids is 2. The van der Waals surface area contributed by atoms with Gasteiger partial charge in [-0.3, -0.25) is 9.59 Å². The second-order valence-corrected chi connectivity index (χ2v) is 14.5. The van der Waals surface area contributed by atoms with E-state index in [1.54, 1.807) is 0 Å². The lowest BCUT2D eigenvalue weighted by Crippen LogP contribution is -2.50. The van der Waals surface area contributed by atoms with E-state index in [1.807, 2.05) is 21.1 Å². The molecule has 0 aliphatic carbocycles. The number of esters is 2. The fourth-order valence-electron chi connectivity index (χ4n) is 5.23. The molecule has 8 nitrogen and oxygen atoms in total. The minimum absolute atomic E-state index is 0.0194. The largest absolute Gasteiger partial charge is 0.477 e. The third-order valence-corrected chi connectivity index (χ3v) is 8.42. The van der Waals surface area contributed by atoms with Crippen LogP contribution >= 0.6 is 0 Å². The second kappa shape index (κ2) is 37.9. The van der Waals surface area contributed by atoms with Crippen molar-refractivity contribution in [3.63, 3.8) is 0 Å². The SMILES string of the molecule is CC/C=C/C/C=C/C/C=C/C/C=C/C/C=C/C/C=C/CCCC(=O)OCC(COCCC(C(=O)O)[N+](C)(C)C)OC(=O)CCCC/C=C/C/C=C/C/C=C/CC. The summed E-state index contributed by atoms with van der Waals surface area (Å²) in [6.07, 6.45) is 51.5. The summed E-state index contributed by atoms with van der Waals surface area (Å²) in [4.78, 5) is 36.9. The Balaban J connectivity index is 4.52. The quantitative estimate of drug-likeness (QED) is 0.0296. The Morgan fingerprint density at radius 3 is 1.38 bits per heavy atom. The van der Waals surface area contributed by atoms with E-state index in [2.05, 4.69) is 123 Å². The van der Waals surface area contributed by atoms with Crippen LogP contribution < -0.4 is 0 Å². The summed E-state index contributed by atoms with van der Waals surface area (Å²) in [6, 6.07) is -0.636. The summed E-state index contributed by atoms with van der Waals surface area (Å²) in [5, 5.41) is 9.60. The van der Waals surface area contributed by atoms with Gasteiger partial charge in [-0.25, -0.2) is 4.79 Å². The van der Waals surface area contributed by atoms with Gasteiger partial charge in [-0.1, -0.05) is 123 Å². The molecule has 0 aromatic heterocycles. The van der Waals surface area contributed by atoms with Crippen LogP contribution in [0, 0.1) is 0 Å². The summed E-state index contributed by atoms with van der Waals surface area (Å²) < 4.78 is 17.1. The monoisotopic (exact) mass is 779 g/mol.